The van der Waals surface area contributed by atoms with Crippen LogP contribution in [0.1, 0.15) is 0 Å². The van der Waals surface area contributed by atoms with E-state index in [1.807, 2.05) is 25.2 Å². The number of imidazole rings is 1. The van der Waals surface area contributed by atoms with Gasteiger partial charge in [-0.1, -0.05) is 6.07 Å². The lowest BCUT2D eigenvalue weighted by atomic mass is 10.1. The van der Waals surface area contributed by atoms with Crippen molar-refractivity contribution in [3.8, 4) is 11.1 Å². The number of anilines is 2. The standard InChI is InChI=1S/C13H14N6/c1-14-12-16-6-9(7-17-12)8-3-4-10-11(5-8)19-13(15-2)18-10/h3-7H,1-2H3,(H,14,16,17)(H2,15,18,19). The summed E-state index contributed by atoms with van der Waals surface area (Å²) >= 11 is 0. The lowest BCUT2D eigenvalue weighted by molar-refractivity contribution is 1.15. The van der Waals surface area contributed by atoms with E-state index in [-0.39, 0.29) is 0 Å². The zero-order valence-corrected chi connectivity index (χ0v) is 10.7. The van der Waals surface area contributed by atoms with Gasteiger partial charge in [-0.25, -0.2) is 15.0 Å². The summed E-state index contributed by atoms with van der Waals surface area (Å²) < 4.78 is 0. The quantitative estimate of drug-likeness (QED) is 0.667. The first-order valence-electron chi connectivity index (χ1n) is 5.98. The van der Waals surface area contributed by atoms with Gasteiger partial charge in [0.15, 0.2) is 0 Å². The highest BCUT2D eigenvalue weighted by Crippen LogP contribution is 2.23. The molecule has 0 aliphatic rings. The van der Waals surface area contributed by atoms with Gasteiger partial charge in [0.1, 0.15) is 0 Å². The molecule has 0 atom stereocenters. The Bertz CT molecular complexity index is 701. The van der Waals surface area contributed by atoms with Gasteiger partial charge in [-0.05, 0) is 17.7 Å². The summed E-state index contributed by atoms with van der Waals surface area (Å²) in [5.41, 5.74) is 3.95. The first-order valence-corrected chi connectivity index (χ1v) is 5.98. The van der Waals surface area contributed by atoms with Gasteiger partial charge in [0.25, 0.3) is 0 Å². The van der Waals surface area contributed by atoms with Crippen LogP contribution >= 0.6 is 0 Å². The van der Waals surface area contributed by atoms with E-state index in [1.165, 1.54) is 0 Å². The van der Waals surface area contributed by atoms with Crippen LogP contribution in [0.4, 0.5) is 11.9 Å². The van der Waals surface area contributed by atoms with Crippen molar-refractivity contribution in [2.24, 2.45) is 0 Å². The minimum Gasteiger partial charge on any atom is -0.359 e. The molecule has 0 fully saturated rings. The van der Waals surface area contributed by atoms with E-state index in [2.05, 4.69) is 30.6 Å². The van der Waals surface area contributed by atoms with E-state index in [9.17, 15) is 0 Å². The van der Waals surface area contributed by atoms with Crippen LogP contribution in [0.15, 0.2) is 30.6 Å². The van der Waals surface area contributed by atoms with Crippen LogP contribution in [0.25, 0.3) is 22.2 Å². The van der Waals surface area contributed by atoms with E-state index in [1.54, 1.807) is 19.4 Å². The second-order valence-electron chi connectivity index (χ2n) is 4.11. The topological polar surface area (TPSA) is 78.5 Å². The molecule has 0 unspecified atom stereocenters. The van der Waals surface area contributed by atoms with Crippen molar-refractivity contribution < 1.29 is 0 Å². The van der Waals surface area contributed by atoms with E-state index in [4.69, 9.17) is 0 Å². The Kier molecular flexibility index (Phi) is 2.75. The van der Waals surface area contributed by atoms with E-state index >= 15 is 0 Å². The van der Waals surface area contributed by atoms with Crippen LogP contribution in [0.2, 0.25) is 0 Å². The average Bonchev–Trinajstić information content (AvgIpc) is 2.89. The SMILES string of the molecule is CNc1ncc(-c2ccc3nc(NC)[nH]c3c2)cn1. The maximum atomic E-state index is 4.39. The van der Waals surface area contributed by atoms with Crippen molar-refractivity contribution in [3.05, 3.63) is 30.6 Å². The monoisotopic (exact) mass is 254 g/mol. The fourth-order valence-corrected chi connectivity index (χ4v) is 1.91. The number of hydrogen-bond donors (Lipinski definition) is 3. The minimum absolute atomic E-state index is 0.615. The van der Waals surface area contributed by atoms with Gasteiger partial charge in [0.2, 0.25) is 11.9 Å². The summed E-state index contributed by atoms with van der Waals surface area (Å²) in [4.78, 5) is 16.0. The van der Waals surface area contributed by atoms with Gasteiger partial charge in [0, 0.05) is 32.1 Å². The molecule has 0 spiro atoms. The van der Waals surface area contributed by atoms with Gasteiger partial charge >= 0.3 is 0 Å². The molecule has 1 aromatic carbocycles. The maximum absolute atomic E-state index is 4.39. The van der Waals surface area contributed by atoms with Crippen molar-refractivity contribution in [3.63, 3.8) is 0 Å². The van der Waals surface area contributed by atoms with Crippen molar-refractivity contribution in [1.82, 2.24) is 19.9 Å². The molecular weight excluding hydrogens is 240 g/mol. The molecule has 0 aliphatic heterocycles. The number of rotatable bonds is 3. The lowest BCUT2D eigenvalue weighted by Crippen LogP contribution is -1.95. The van der Waals surface area contributed by atoms with Crippen LogP contribution in [0.3, 0.4) is 0 Å². The number of aromatic amines is 1. The zero-order chi connectivity index (χ0) is 13.2. The second-order valence-corrected chi connectivity index (χ2v) is 4.11. The summed E-state index contributed by atoms with van der Waals surface area (Å²) in [6, 6.07) is 6.04. The van der Waals surface area contributed by atoms with Crippen molar-refractivity contribution >= 4 is 22.9 Å². The minimum atomic E-state index is 0.615. The maximum Gasteiger partial charge on any atom is 0.222 e. The summed E-state index contributed by atoms with van der Waals surface area (Å²) in [6.07, 6.45) is 3.60. The van der Waals surface area contributed by atoms with E-state index in [0.717, 1.165) is 28.1 Å². The fourth-order valence-electron chi connectivity index (χ4n) is 1.91. The van der Waals surface area contributed by atoms with E-state index < -0.39 is 0 Å². The molecule has 0 saturated carbocycles. The Morgan fingerprint density at radius 3 is 2.47 bits per heavy atom. The smallest absolute Gasteiger partial charge is 0.222 e. The molecule has 0 radical (unpaired) electrons. The number of benzene rings is 1. The third-order valence-corrected chi connectivity index (χ3v) is 2.93. The molecule has 0 amide bonds. The molecule has 3 rings (SSSR count). The molecule has 6 heteroatoms. The molecule has 19 heavy (non-hydrogen) atoms. The van der Waals surface area contributed by atoms with Gasteiger partial charge < -0.3 is 15.6 Å². The molecule has 6 nitrogen and oxygen atoms in total. The highest BCUT2D eigenvalue weighted by atomic mass is 15.1. The van der Waals surface area contributed by atoms with Gasteiger partial charge in [-0.15, -0.1) is 0 Å². The Morgan fingerprint density at radius 1 is 1.00 bits per heavy atom. The second kappa shape index (κ2) is 4.56. The molecule has 2 aromatic heterocycles. The number of nitrogens with zero attached hydrogens (tertiary/aromatic N) is 3. The molecular formula is C13H14N6. The Morgan fingerprint density at radius 2 is 1.79 bits per heavy atom. The van der Waals surface area contributed by atoms with Crippen LogP contribution in [0, 0.1) is 0 Å². The van der Waals surface area contributed by atoms with E-state index in [0.29, 0.717) is 5.95 Å². The first kappa shape index (κ1) is 11.5. The number of H-pyrrole nitrogens is 1. The number of nitrogens with one attached hydrogen (secondary N) is 3. The van der Waals surface area contributed by atoms with Crippen molar-refractivity contribution in [2.75, 3.05) is 24.7 Å². The third kappa shape index (κ3) is 2.08. The molecule has 96 valence electrons. The van der Waals surface area contributed by atoms with Crippen LogP contribution in [-0.2, 0) is 0 Å². The lowest BCUT2D eigenvalue weighted by Gasteiger charge is -2.02. The highest BCUT2D eigenvalue weighted by molar-refractivity contribution is 5.83. The zero-order valence-electron chi connectivity index (χ0n) is 10.7. The summed E-state index contributed by atoms with van der Waals surface area (Å²) in [7, 11) is 3.63. The van der Waals surface area contributed by atoms with Crippen molar-refractivity contribution in [1.29, 1.82) is 0 Å². The predicted octanol–water partition coefficient (Wildman–Crippen LogP) is 2.10. The molecule has 0 aliphatic carbocycles. The Hall–Kier alpha value is -2.63. The van der Waals surface area contributed by atoms with Crippen molar-refractivity contribution in [2.45, 2.75) is 0 Å². The number of fused-ring (bicyclic) bond motifs is 1. The number of hydrogen-bond acceptors (Lipinski definition) is 5. The summed E-state index contributed by atoms with van der Waals surface area (Å²) in [6.45, 7) is 0. The third-order valence-electron chi connectivity index (χ3n) is 2.93. The molecule has 2 heterocycles. The summed E-state index contributed by atoms with van der Waals surface area (Å²) in [5.74, 6) is 1.37. The van der Waals surface area contributed by atoms with Gasteiger partial charge in [-0.2, -0.15) is 0 Å². The van der Waals surface area contributed by atoms with Gasteiger partial charge in [0.05, 0.1) is 11.0 Å². The molecule has 0 saturated heterocycles. The van der Waals surface area contributed by atoms with Crippen LogP contribution in [-0.4, -0.2) is 34.0 Å². The molecule has 0 bridgehead atoms. The number of aromatic nitrogens is 4. The van der Waals surface area contributed by atoms with Crippen LogP contribution in [0.5, 0.6) is 0 Å². The Labute approximate surface area is 110 Å². The highest BCUT2D eigenvalue weighted by Gasteiger charge is 2.05. The average molecular weight is 254 g/mol. The largest absolute Gasteiger partial charge is 0.359 e. The normalized spacial score (nSPS) is 10.6. The predicted molar refractivity (Wildman–Crippen MR) is 76.2 cm³/mol. The molecule has 3 aromatic rings. The Balaban J connectivity index is 2.03. The van der Waals surface area contributed by atoms with Crippen LogP contribution < -0.4 is 10.6 Å². The first-order chi connectivity index (χ1) is 9.30. The van der Waals surface area contributed by atoms with Gasteiger partial charge in [-0.3, -0.25) is 0 Å². The summed E-state index contributed by atoms with van der Waals surface area (Å²) in [5, 5.41) is 5.89. The molecule has 3 N–H and O–H groups in total. The fraction of sp³-hybridized carbons (Fsp3) is 0.154.